The Balaban J connectivity index is 3.14. The van der Waals surface area contributed by atoms with Crippen LogP contribution < -0.4 is 0 Å². The van der Waals surface area contributed by atoms with Crippen LogP contribution >= 0.6 is 0 Å². The fraction of sp³-hybridized carbons (Fsp3) is 0.417. The third-order valence-electron chi connectivity index (χ3n) is 2.53. The van der Waals surface area contributed by atoms with E-state index in [1.807, 2.05) is 6.07 Å². The van der Waals surface area contributed by atoms with Gasteiger partial charge in [0.05, 0.1) is 12.7 Å². The third-order valence-corrected chi connectivity index (χ3v) is 4.44. The van der Waals surface area contributed by atoms with E-state index in [-0.39, 0.29) is 26.1 Å². The second kappa shape index (κ2) is 7.28. The van der Waals surface area contributed by atoms with Crippen molar-refractivity contribution in [3.05, 3.63) is 29.8 Å². The van der Waals surface area contributed by atoms with E-state index in [4.69, 9.17) is 10.00 Å². The molecule has 0 aliphatic rings. The first-order chi connectivity index (χ1) is 9.43. The summed E-state index contributed by atoms with van der Waals surface area (Å²) in [7, 11) is -2.82. The Bertz CT molecular complexity index is 599. The van der Waals surface area contributed by atoms with Crippen molar-refractivity contribution in [2.24, 2.45) is 0 Å². The number of nitriles is 1. The molecule has 0 aliphatic carbocycles. The van der Waals surface area contributed by atoms with Gasteiger partial charge in [0.1, 0.15) is 16.5 Å². The van der Waals surface area contributed by atoms with Gasteiger partial charge in [0.25, 0.3) is 0 Å². The lowest BCUT2D eigenvalue weighted by atomic mass is 10.3. The smallest absolute Gasteiger partial charge is 0.246 e. The van der Waals surface area contributed by atoms with Gasteiger partial charge in [-0.25, -0.2) is 17.2 Å². The van der Waals surface area contributed by atoms with E-state index in [1.54, 1.807) is 0 Å². The van der Waals surface area contributed by atoms with Crippen molar-refractivity contribution in [3.63, 3.8) is 0 Å². The molecule has 5 nitrogen and oxygen atoms in total. The minimum Gasteiger partial charge on any atom is -0.383 e. The van der Waals surface area contributed by atoms with Gasteiger partial charge in [-0.1, -0.05) is 0 Å². The number of sulfonamides is 1. The normalized spacial score (nSPS) is 11.6. The van der Waals surface area contributed by atoms with Crippen molar-refractivity contribution in [2.75, 3.05) is 26.8 Å². The fourth-order valence-corrected chi connectivity index (χ4v) is 3.03. The zero-order valence-corrected chi connectivity index (χ0v) is 11.7. The predicted molar refractivity (Wildman–Crippen MR) is 67.2 cm³/mol. The molecular formula is C12H14F2N2O3S. The maximum absolute atomic E-state index is 13.6. The Labute approximate surface area is 116 Å². The summed E-state index contributed by atoms with van der Waals surface area (Å²) in [5.41, 5.74) is 0. The second-order valence-electron chi connectivity index (χ2n) is 3.88. The van der Waals surface area contributed by atoms with E-state index in [9.17, 15) is 17.2 Å². The number of ether oxygens (including phenoxy) is 1. The van der Waals surface area contributed by atoms with Gasteiger partial charge in [0.15, 0.2) is 0 Å². The first kappa shape index (κ1) is 16.5. The van der Waals surface area contributed by atoms with Crippen molar-refractivity contribution < 1.29 is 21.9 Å². The van der Waals surface area contributed by atoms with Crippen LogP contribution in [0.25, 0.3) is 0 Å². The van der Waals surface area contributed by atoms with Crippen LogP contribution in [-0.4, -0.2) is 39.5 Å². The van der Waals surface area contributed by atoms with Crippen LogP contribution in [0, 0.1) is 23.0 Å². The Kier molecular flexibility index (Phi) is 6.01. The number of nitrogens with zero attached hydrogens (tertiary/aromatic N) is 2. The number of hydrogen-bond donors (Lipinski definition) is 0. The zero-order valence-electron chi connectivity index (χ0n) is 10.8. The lowest BCUT2D eigenvalue weighted by Gasteiger charge is -2.21. The second-order valence-corrected chi connectivity index (χ2v) is 5.79. The van der Waals surface area contributed by atoms with E-state index in [0.717, 1.165) is 16.4 Å². The molecule has 0 fully saturated rings. The Hall–Kier alpha value is -1.56. The van der Waals surface area contributed by atoms with Gasteiger partial charge >= 0.3 is 0 Å². The molecule has 20 heavy (non-hydrogen) atoms. The average molecular weight is 304 g/mol. The molecule has 0 aromatic heterocycles. The van der Waals surface area contributed by atoms with Crippen molar-refractivity contribution in [3.8, 4) is 6.07 Å². The van der Waals surface area contributed by atoms with Gasteiger partial charge in [0, 0.05) is 26.6 Å². The van der Waals surface area contributed by atoms with Crippen molar-refractivity contribution >= 4 is 10.0 Å². The number of benzene rings is 1. The van der Waals surface area contributed by atoms with Gasteiger partial charge in [-0.3, -0.25) is 0 Å². The van der Waals surface area contributed by atoms with Gasteiger partial charge in [0.2, 0.25) is 10.0 Å². The summed E-state index contributed by atoms with van der Waals surface area (Å²) >= 11 is 0. The molecule has 0 heterocycles. The van der Waals surface area contributed by atoms with E-state index < -0.39 is 26.6 Å². The largest absolute Gasteiger partial charge is 0.383 e. The summed E-state index contributed by atoms with van der Waals surface area (Å²) in [6.45, 7) is -0.0732. The van der Waals surface area contributed by atoms with Crippen LogP contribution in [0.2, 0.25) is 0 Å². The van der Waals surface area contributed by atoms with E-state index in [2.05, 4.69) is 0 Å². The van der Waals surface area contributed by atoms with Crippen molar-refractivity contribution in [2.45, 2.75) is 11.3 Å². The van der Waals surface area contributed by atoms with Gasteiger partial charge in [-0.05, 0) is 18.2 Å². The first-order valence-corrected chi connectivity index (χ1v) is 7.18. The highest BCUT2D eigenvalue weighted by Gasteiger charge is 2.27. The molecule has 0 aliphatic heterocycles. The molecule has 1 aromatic rings. The summed E-state index contributed by atoms with van der Waals surface area (Å²) in [6.07, 6.45) is -0.0557. The molecule has 1 aromatic carbocycles. The highest BCUT2D eigenvalue weighted by atomic mass is 32.2. The van der Waals surface area contributed by atoms with Gasteiger partial charge in [-0.2, -0.15) is 9.57 Å². The number of methoxy groups -OCH3 is 1. The third kappa shape index (κ3) is 3.96. The van der Waals surface area contributed by atoms with Crippen molar-refractivity contribution in [1.82, 2.24) is 4.31 Å². The summed E-state index contributed by atoms with van der Waals surface area (Å²) in [5, 5.41) is 8.54. The molecule has 0 atom stereocenters. The average Bonchev–Trinajstić information content (AvgIpc) is 2.41. The van der Waals surface area contributed by atoms with Crippen LogP contribution in [0.15, 0.2) is 23.1 Å². The van der Waals surface area contributed by atoms with Gasteiger partial charge < -0.3 is 4.74 Å². The molecule has 8 heteroatoms. The van der Waals surface area contributed by atoms with E-state index >= 15 is 0 Å². The molecule has 110 valence electrons. The number of hydrogen-bond acceptors (Lipinski definition) is 4. The predicted octanol–water partition coefficient (Wildman–Crippen LogP) is 1.52. The molecule has 0 saturated heterocycles. The molecule has 0 N–H and O–H groups in total. The standard InChI is InChI=1S/C12H14F2N2O3S/c1-19-8-7-16(6-2-5-15)20(17,18)12-9-10(13)3-4-11(12)14/h3-4,9H,2,6-8H2,1H3. The van der Waals surface area contributed by atoms with Crippen LogP contribution in [0.1, 0.15) is 6.42 Å². The molecular weight excluding hydrogens is 290 g/mol. The van der Waals surface area contributed by atoms with Crippen LogP contribution in [0.4, 0.5) is 8.78 Å². The van der Waals surface area contributed by atoms with Crippen LogP contribution in [0.3, 0.4) is 0 Å². The summed E-state index contributed by atoms with van der Waals surface area (Å²) in [4.78, 5) is -0.744. The lowest BCUT2D eigenvalue weighted by molar-refractivity contribution is 0.179. The number of rotatable bonds is 7. The molecule has 0 amide bonds. The lowest BCUT2D eigenvalue weighted by Crippen LogP contribution is -2.35. The molecule has 0 bridgehead atoms. The monoisotopic (exact) mass is 304 g/mol. The Morgan fingerprint density at radius 1 is 1.35 bits per heavy atom. The highest BCUT2D eigenvalue weighted by molar-refractivity contribution is 7.89. The Morgan fingerprint density at radius 3 is 2.65 bits per heavy atom. The first-order valence-electron chi connectivity index (χ1n) is 5.74. The van der Waals surface area contributed by atoms with Gasteiger partial charge in [-0.15, -0.1) is 0 Å². The van der Waals surface area contributed by atoms with Crippen LogP contribution in [0.5, 0.6) is 0 Å². The van der Waals surface area contributed by atoms with Crippen LogP contribution in [-0.2, 0) is 14.8 Å². The van der Waals surface area contributed by atoms with E-state index in [0.29, 0.717) is 6.07 Å². The Morgan fingerprint density at radius 2 is 2.05 bits per heavy atom. The minimum absolute atomic E-state index is 0.0452. The summed E-state index contributed by atoms with van der Waals surface area (Å²) in [6, 6.07) is 4.02. The SMILES string of the molecule is COCCN(CCC#N)S(=O)(=O)c1cc(F)ccc1F. The quantitative estimate of drug-likeness (QED) is 0.765. The molecule has 0 spiro atoms. The maximum atomic E-state index is 13.6. The maximum Gasteiger partial charge on any atom is 0.246 e. The molecule has 0 radical (unpaired) electrons. The van der Waals surface area contributed by atoms with E-state index in [1.165, 1.54) is 7.11 Å². The molecule has 0 unspecified atom stereocenters. The topological polar surface area (TPSA) is 70.4 Å². The molecule has 0 saturated carbocycles. The van der Waals surface area contributed by atoms with Crippen molar-refractivity contribution in [1.29, 1.82) is 5.26 Å². The summed E-state index contributed by atoms with van der Waals surface area (Å²) in [5.74, 6) is -1.89. The summed E-state index contributed by atoms with van der Waals surface area (Å²) < 4.78 is 56.9. The highest BCUT2D eigenvalue weighted by Crippen LogP contribution is 2.20. The zero-order chi connectivity index (χ0) is 15.2. The number of halogens is 2. The fourth-order valence-electron chi connectivity index (χ4n) is 1.53. The molecule has 1 rings (SSSR count). The minimum atomic E-state index is -4.21.